The number of sulfone groups is 1. The van der Waals surface area contributed by atoms with Crippen LogP contribution in [0.2, 0.25) is 0 Å². The summed E-state index contributed by atoms with van der Waals surface area (Å²) in [5.41, 5.74) is 0.335. The maximum absolute atomic E-state index is 13.0. The van der Waals surface area contributed by atoms with Gasteiger partial charge in [0.2, 0.25) is 5.91 Å². The average molecular weight is 315 g/mol. The van der Waals surface area contributed by atoms with E-state index in [1.165, 1.54) is 18.2 Å². The summed E-state index contributed by atoms with van der Waals surface area (Å²) in [4.78, 5) is 11.7. The van der Waals surface area contributed by atoms with Crippen LogP contribution in [-0.2, 0) is 25.1 Å². The van der Waals surface area contributed by atoms with E-state index in [4.69, 9.17) is 4.74 Å². The van der Waals surface area contributed by atoms with E-state index in [1.807, 2.05) is 0 Å². The second kappa shape index (κ2) is 7.00. The van der Waals surface area contributed by atoms with Crippen LogP contribution in [-0.4, -0.2) is 39.3 Å². The molecule has 7 heteroatoms. The van der Waals surface area contributed by atoms with Crippen molar-refractivity contribution >= 4 is 15.7 Å². The molecule has 116 valence electrons. The second-order valence-electron chi connectivity index (χ2n) is 5.10. The van der Waals surface area contributed by atoms with Crippen LogP contribution < -0.4 is 5.32 Å². The predicted octanol–water partition coefficient (Wildman–Crippen LogP) is 1.04. The first kappa shape index (κ1) is 15.9. The molecule has 5 nitrogen and oxygen atoms in total. The van der Waals surface area contributed by atoms with E-state index in [0.29, 0.717) is 18.7 Å². The Bertz CT molecular complexity index is 597. The highest BCUT2D eigenvalue weighted by atomic mass is 32.2. The Morgan fingerprint density at radius 1 is 1.43 bits per heavy atom. The molecule has 0 aromatic heterocycles. The van der Waals surface area contributed by atoms with Gasteiger partial charge in [-0.05, 0) is 30.5 Å². The summed E-state index contributed by atoms with van der Waals surface area (Å²) in [5, 5.41) is 2.56. The van der Waals surface area contributed by atoms with E-state index < -0.39 is 27.3 Å². The smallest absolute Gasteiger partial charge is 0.235 e. The first-order valence-corrected chi connectivity index (χ1v) is 8.60. The van der Waals surface area contributed by atoms with Crippen LogP contribution in [0, 0.1) is 5.82 Å². The van der Waals surface area contributed by atoms with E-state index >= 15 is 0 Å². The minimum absolute atomic E-state index is 0.0279. The first-order chi connectivity index (χ1) is 9.94. The molecular formula is C14H18FNO4S. The quantitative estimate of drug-likeness (QED) is 0.851. The van der Waals surface area contributed by atoms with E-state index in [9.17, 15) is 17.6 Å². The van der Waals surface area contributed by atoms with E-state index in [2.05, 4.69) is 5.32 Å². The fourth-order valence-electron chi connectivity index (χ4n) is 2.22. The largest absolute Gasteiger partial charge is 0.376 e. The van der Waals surface area contributed by atoms with Crippen molar-refractivity contribution in [1.29, 1.82) is 0 Å². The van der Waals surface area contributed by atoms with Crippen molar-refractivity contribution in [3.8, 4) is 0 Å². The third-order valence-corrected chi connectivity index (χ3v) is 4.65. The zero-order valence-electron chi connectivity index (χ0n) is 11.5. The molecule has 1 N–H and O–H groups in total. The Hall–Kier alpha value is -1.47. The third-order valence-electron chi connectivity index (χ3n) is 3.18. The molecule has 1 unspecified atom stereocenters. The SMILES string of the molecule is O=C(CS(=O)(=O)Cc1cccc(F)c1)NCC1CCCO1. The summed E-state index contributed by atoms with van der Waals surface area (Å²) in [7, 11) is -3.62. The number of carbonyl (C=O) groups excluding carboxylic acids is 1. The lowest BCUT2D eigenvalue weighted by molar-refractivity contribution is -0.119. The monoisotopic (exact) mass is 315 g/mol. The highest BCUT2D eigenvalue weighted by Gasteiger charge is 2.20. The van der Waals surface area contributed by atoms with Crippen LogP contribution >= 0.6 is 0 Å². The van der Waals surface area contributed by atoms with Crippen LogP contribution in [0.25, 0.3) is 0 Å². The molecule has 21 heavy (non-hydrogen) atoms. The summed E-state index contributed by atoms with van der Waals surface area (Å²) in [6.45, 7) is 1.01. The highest BCUT2D eigenvalue weighted by Crippen LogP contribution is 2.11. The molecule has 1 aromatic rings. The van der Waals surface area contributed by atoms with Crippen LogP contribution in [0.4, 0.5) is 4.39 Å². The molecule has 1 amide bonds. The number of halogens is 1. The van der Waals surface area contributed by atoms with Gasteiger partial charge in [-0.2, -0.15) is 0 Å². The van der Waals surface area contributed by atoms with Gasteiger partial charge in [-0.15, -0.1) is 0 Å². The summed E-state index contributed by atoms with van der Waals surface area (Å²) < 4.78 is 42.2. The van der Waals surface area contributed by atoms with Crippen molar-refractivity contribution in [3.05, 3.63) is 35.6 Å². The number of benzene rings is 1. The predicted molar refractivity (Wildman–Crippen MR) is 75.9 cm³/mol. The zero-order chi connectivity index (χ0) is 15.3. The Kier molecular flexibility index (Phi) is 5.30. The van der Waals surface area contributed by atoms with E-state index in [1.54, 1.807) is 0 Å². The maximum Gasteiger partial charge on any atom is 0.235 e. The molecule has 1 atom stereocenters. The van der Waals surface area contributed by atoms with Crippen molar-refractivity contribution < 1.29 is 22.3 Å². The van der Waals surface area contributed by atoms with Crippen LogP contribution in [0.3, 0.4) is 0 Å². The van der Waals surface area contributed by atoms with Crippen LogP contribution in [0.15, 0.2) is 24.3 Å². The number of carbonyl (C=O) groups is 1. The number of ether oxygens (including phenoxy) is 1. The van der Waals surface area contributed by atoms with Gasteiger partial charge in [0, 0.05) is 13.2 Å². The minimum atomic E-state index is -3.62. The molecule has 2 rings (SSSR count). The molecule has 1 aliphatic rings. The maximum atomic E-state index is 13.0. The Labute approximate surface area is 123 Å². The zero-order valence-corrected chi connectivity index (χ0v) is 12.4. The minimum Gasteiger partial charge on any atom is -0.376 e. The molecule has 1 heterocycles. The summed E-state index contributed by atoms with van der Waals surface area (Å²) in [6, 6.07) is 5.36. The van der Waals surface area contributed by atoms with Gasteiger partial charge >= 0.3 is 0 Å². The lowest BCUT2D eigenvalue weighted by Crippen LogP contribution is -2.36. The lowest BCUT2D eigenvalue weighted by Gasteiger charge is -2.11. The van der Waals surface area contributed by atoms with Gasteiger partial charge in [0.15, 0.2) is 9.84 Å². The van der Waals surface area contributed by atoms with Crippen molar-refractivity contribution in [2.24, 2.45) is 0 Å². The fourth-order valence-corrected chi connectivity index (χ4v) is 3.51. The Morgan fingerprint density at radius 2 is 2.24 bits per heavy atom. The number of nitrogens with one attached hydrogen (secondary N) is 1. The molecule has 1 fully saturated rings. The van der Waals surface area contributed by atoms with Crippen molar-refractivity contribution in [2.75, 3.05) is 18.9 Å². The standard InChI is InChI=1S/C14H18FNO4S/c15-12-4-1-3-11(7-12)9-21(18,19)10-14(17)16-8-13-5-2-6-20-13/h1,3-4,7,13H,2,5-6,8-10H2,(H,16,17). The number of hydrogen-bond donors (Lipinski definition) is 1. The summed E-state index contributed by atoms with van der Waals surface area (Å²) in [5.74, 6) is -2.00. The van der Waals surface area contributed by atoms with Crippen molar-refractivity contribution in [2.45, 2.75) is 24.7 Å². The summed E-state index contributed by atoms with van der Waals surface area (Å²) >= 11 is 0. The molecule has 0 saturated carbocycles. The molecule has 1 saturated heterocycles. The van der Waals surface area contributed by atoms with E-state index in [-0.39, 0.29) is 11.9 Å². The topological polar surface area (TPSA) is 72.5 Å². The molecular weight excluding hydrogens is 297 g/mol. The second-order valence-corrected chi connectivity index (χ2v) is 7.17. The highest BCUT2D eigenvalue weighted by molar-refractivity contribution is 7.91. The molecule has 0 radical (unpaired) electrons. The lowest BCUT2D eigenvalue weighted by atomic mass is 10.2. The van der Waals surface area contributed by atoms with Crippen LogP contribution in [0.1, 0.15) is 18.4 Å². The Balaban J connectivity index is 1.83. The Morgan fingerprint density at radius 3 is 2.90 bits per heavy atom. The van der Waals surface area contributed by atoms with Gasteiger partial charge < -0.3 is 10.1 Å². The summed E-state index contributed by atoms with van der Waals surface area (Å²) in [6.07, 6.45) is 1.80. The van der Waals surface area contributed by atoms with Crippen molar-refractivity contribution in [1.82, 2.24) is 5.32 Å². The average Bonchev–Trinajstić information content (AvgIpc) is 2.88. The molecule has 0 bridgehead atoms. The molecule has 0 aliphatic carbocycles. The van der Waals surface area contributed by atoms with Gasteiger partial charge in [-0.1, -0.05) is 12.1 Å². The molecule has 1 aromatic carbocycles. The third kappa shape index (κ3) is 5.43. The normalized spacial score (nSPS) is 18.6. The van der Waals surface area contributed by atoms with Gasteiger partial charge in [-0.25, -0.2) is 12.8 Å². The van der Waals surface area contributed by atoms with Crippen LogP contribution in [0.5, 0.6) is 0 Å². The van der Waals surface area contributed by atoms with Crippen molar-refractivity contribution in [3.63, 3.8) is 0 Å². The number of rotatable bonds is 6. The number of amides is 1. The van der Waals surface area contributed by atoms with Gasteiger partial charge in [0.1, 0.15) is 11.6 Å². The van der Waals surface area contributed by atoms with Gasteiger partial charge in [0.25, 0.3) is 0 Å². The fraction of sp³-hybridized carbons (Fsp3) is 0.500. The van der Waals surface area contributed by atoms with Gasteiger partial charge in [0.05, 0.1) is 11.9 Å². The molecule has 0 spiro atoms. The van der Waals surface area contributed by atoms with Gasteiger partial charge in [-0.3, -0.25) is 4.79 Å². The molecule has 1 aliphatic heterocycles. The van der Waals surface area contributed by atoms with E-state index in [0.717, 1.165) is 18.9 Å². The number of hydrogen-bond acceptors (Lipinski definition) is 4. The first-order valence-electron chi connectivity index (χ1n) is 6.78.